The van der Waals surface area contributed by atoms with Crippen LogP contribution in [0, 0.1) is 10.1 Å². The molecule has 1 fully saturated rings. The van der Waals surface area contributed by atoms with Crippen molar-refractivity contribution < 1.29 is 19.2 Å². The van der Waals surface area contributed by atoms with Crippen molar-refractivity contribution in [3.8, 4) is 17.2 Å². The zero-order valence-electron chi connectivity index (χ0n) is 14.9. The molecule has 8 heteroatoms. The van der Waals surface area contributed by atoms with Crippen LogP contribution in [-0.4, -0.2) is 37.1 Å². The second kappa shape index (κ2) is 8.50. The number of benzene rings is 2. The molecule has 0 aliphatic carbocycles. The molecule has 27 heavy (non-hydrogen) atoms. The molecule has 1 saturated heterocycles. The van der Waals surface area contributed by atoms with E-state index in [2.05, 4.69) is 10.6 Å². The highest BCUT2D eigenvalue weighted by Gasteiger charge is 2.22. The Bertz CT molecular complexity index is 817. The highest BCUT2D eigenvalue weighted by Crippen LogP contribution is 2.30. The molecular formula is C19H21N3O5. The average molecular weight is 371 g/mol. The summed E-state index contributed by atoms with van der Waals surface area (Å²) in [5, 5.41) is 17.3. The highest BCUT2D eigenvalue weighted by atomic mass is 16.6. The molecule has 0 saturated carbocycles. The van der Waals surface area contributed by atoms with Crippen LogP contribution in [0.15, 0.2) is 42.5 Å². The number of piperidine rings is 1. The van der Waals surface area contributed by atoms with Crippen LogP contribution in [0.5, 0.6) is 17.2 Å². The van der Waals surface area contributed by atoms with Gasteiger partial charge in [-0.05, 0) is 49.7 Å². The lowest BCUT2D eigenvalue weighted by Crippen LogP contribution is -2.45. The minimum absolute atomic E-state index is 0.0145. The molecule has 0 bridgehead atoms. The highest BCUT2D eigenvalue weighted by molar-refractivity contribution is 5.98. The number of ether oxygens (including phenoxy) is 2. The monoisotopic (exact) mass is 371 g/mol. The van der Waals surface area contributed by atoms with Crippen molar-refractivity contribution in [1.29, 1.82) is 0 Å². The summed E-state index contributed by atoms with van der Waals surface area (Å²) < 4.78 is 10.9. The van der Waals surface area contributed by atoms with Crippen LogP contribution >= 0.6 is 0 Å². The Hall–Kier alpha value is -3.13. The van der Waals surface area contributed by atoms with Gasteiger partial charge in [0.15, 0.2) is 0 Å². The van der Waals surface area contributed by atoms with Gasteiger partial charge < -0.3 is 20.1 Å². The molecule has 2 aromatic rings. The molecule has 1 aliphatic rings. The molecule has 0 spiro atoms. The molecule has 2 N–H and O–H groups in total. The van der Waals surface area contributed by atoms with E-state index in [1.54, 1.807) is 31.4 Å². The molecule has 1 amide bonds. The summed E-state index contributed by atoms with van der Waals surface area (Å²) in [7, 11) is 1.56. The average Bonchev–Trinajstić information content (AvgIpc) is 2.69. The van der Waals surface area contributed by atoms with E-state index in [0.717, 1.165) is 19.4 Å². The summed E-state index contributed by atoms with van der Waals surface area (Å²) in [6, 6.07) is 10.8. The van der Waals surface area contributed by atoms with Crippen LogP contribution in [0.4, 0.5) is 5.69 Å². The Labute approximate surface area is 156 Å². The van der Waals surface area contributed by atoms with Crippen LogP contribution < -0.4 is 20.1 Å². The van der Waals surface area contributed by atoms with E-state index in [4.69, 9.17) is 9.47 Å². The maximum absolute atomic E-state index is 12.7. The number of nitro groups is 1. The van der Waals surface area contributed by atoms with Gasteiger partial charge >= 0.3 is 0 Å². The zero-order valence-corrected chi connectivity index (χ0v) is 14.9. The van der Waals surface area contributed by atoms with Crippen molar-refractivity contribution in [2.75, 3.05) is 20.2 Å². The van der Waals surface area contributed by atoms with E-state index in [0.29, 0.717) is 18.0 Å². The molecule has 1 aliphatic heterocycles. The first-order valence-corrected chi connectivity index (χ1v) is 8.69. The number of carbonyl (C=O) groups is 1. The van der Waals surface area contributed by atoms with Gasteiger partial charge in [-0.15, -0.1) is 0 Å². The second-order valence-electron chi connectivity index (χ2n) is 6.23. The van der Waals surface area contributed by atoms with Gasteiger partial charge in [-0.3, -0.25) is 14.9 Å². The largest absolute Gasteiger partial charge is 0.497 e. The summed E-state index contributed by atoms with van der Waals surface area (Å²) >= 11 is 0. The van der Waals surface area contributed by atoms with Crippen molar-refractivity contribution in [1.82, 2.24) is 10.6 Å². The Balaban J connectivity index is 1.85. The predicted octanol–water partition coefficient (Wildman–Crippen LogP) is 2.88. The second-order valence-corrected chi connectivity index (χ2v) is 6.23. The first kappa shape index (κ1) is 18.7. The van der Waals surface area contributed by atoms with Crippen molar-refractivity contribution in [2.45, 2.75) is 18.9 Å². The van der Waals surface area contributed by atoms with Crippen molar-refractivity contribution >= 4 is 11.6 Å². The first-order chi connectivity index (χ1) is 13.1. The lowest BCUT2D eigenvalue weighted by molar-refractivity contribution is -0.384. The minimum atomic E-state index is -0.532. The third-order valence-corrected chi connectivity index (χ3v) is 4.34. The Morgan fingerprint density at radius 3 is 2.59 bits per heavy atom. The Morgan fingerprint density at radius 1 is 1.22 bits per heavy atom. The lowest BCUT2D eigenvalue weighted by atomic mass is 10.1. The number of nitro benzene ring substituents is 1. The number of carbonyl (C=O) groups excluding carboxylic acids is 1. The minimum Gasteiger partial charge on any atom is -0.497 e. The van der Waals surface area contributed by atoms with Gasteiger partial charge in [0.05, 0.1) is 17.6 Å². The summed E-state index contributed by atoms with van der Waals surface area (Å²) in [5.74, 6) is 1.04. The zero-order chi connectivity index (χ0) is 19.2. The van der Waals surface area contributed by atoms with E-state index in [-0.39, 0.29) is 23.0 Å². The fraction of sp³-hybridized carbons (Fsp3) is 0.316. The molecule has 142 valence electrons. The van der Waals surface area contributed by atoms with E-state index >= 15 is 0 Å². The van der Waals surface area contributed by atoms with Crippen molar-refractivity contribution in [2.24, 2.45) is 0 Å². The number of nitrogens with zero attached hydrogens (tertiary/aromatic N) is 1. The molecule has 2 aromatic carbocycles. The number of rotatable bonds is 6. The Morgan fingerprint density at radius 2 is 1.96 bits per heavy atom. The maximum Gasteiger partial charge on any atom is 0.270 e. The van der Waals surface area contributed by atoms with Gasteiger partial charge in [0.2, 0.25) is 0 Å². The molecule has 8 nitrogen and oxygen atoms in total. The Kier molecular flexibility index (Phi) is 5.87. The fourth-order valence-electron chi connectivity index (χ4n) is 2.91. The third kappa shape index (κ3) is 4.73. The number of hydrogen-bond donors (Lipinski definition) is 2. The van der Waals surface area contributed by atoms with Gasteiger partial charge in [0.1, 0.15) is 17.2 Å². The maximum atomic E-state index is 12.7. The van der Waals surface area contributed by atoms with E-state index in [1.807, 2.05) is 0 Å². The number of nitrogens with one attached hydrogen (secondary N) is 2. The van der Waals surface area contributed by atoms with E-state index < -0.39 is 10.8 Å². The van der Waals surface area contributed by atoms with Gasteiger partial charge in [-0.2, -0.15) is 0 Å². The molecule has 1 heterocycles. The standard InChI is InChI=1S/C19H21N3O5/c1-26-15-5-7-16(8-6-15)27-18-9-4-14(22(24)25)11-17(18)19(23)21-13-3-2-10-20-12-13/h4-9,11,13,20H,2-3,10,12H2,1H3,(H,21,23). The van der Waals surface area contributed by atoms with Gasteiger partial charge in [0.25, 0.3) is 11.6 Å². The van der Waals surface area contributed by atoms with E-state index in [9.17, 15) is 14.9 Å². The number of hydrogen-bond acceptors (Lipinski definition) is 6. The summed E-state index contributed by atoms with van der Waals surface area (Å²) in [5.41, 5.74) is -0.0328. The quantitative estimate of drug-likeness (QED) is 0.598. The fourth-order valence-corrected chi connectivity index (χ4v) is 2.91. The van der Waals surface area contributed by atoms with Crippen LogP contribution in [0.25, 0.3) is 0 Å². The predicted molar refractivity (Wildman–Crippen MR) is 99.5 cm³/mol. The lowest BCUT2D eigenvalue weighted by Gasteiger charge is -2.24. The molecule has 3 rings (SSSR count). The van der Waals surface area contributed by atoms with Gasteiger partial charge in [-0.25, -0.2) is 0 Å². The van der Waals surface area contributed by atoms with Gasteiger partial charge in [-0.1, -0.05) is 0 Å². The van der Waals surface area contributed by atoms with Crippen LogP contribution in [-0.2, 0) is 0 Å². The number of non-ortho nitro benzene ring substituents is 1. The molecule has 0 radical (unpaired) electrons. The summed E-state index contributed by atoms with van der Waals surface area (Å²) in [6.07, 6.45) is 1.83. The normalized spacial score (nSPS) is 16.4. The molecule has 1 atom stereocenters. The van der Waals surface area contributed by atoms with E-state index in [1.165, 1.54) is 18.2 Å². The summed E-state index contributed by atoms with van der Waals surface area (Å²) in [4.78, 5) is 23.3. The summed E-state index contributed by atoms with van der Waals surface area (Å²) in [6.45, 7) is 1.60. The topological polar surface area (TPSA) is 103 Å². The number of methoxy groups -OCH3 is 1. The molecular weight excluding hydrogens is 350 g/mol. The van der Waals surface area contributed by atoms with Crippen molar-refractivity contribution in [3.63, 3.8) is 0 Å². The van der Waals surface area contributed by atoms with Crippen LogP contribution in [0.3, 0.4) is 0 Å². The molecule has 1 unspecified atom stereocenters. The molecule has 0 aromatic heterocycles. The van der Waals surface area contributed by atoms with Crippen LogP contribution in [0.2, 0.25) is 0 Å². The number of amides is 1. The first-order valence-electron chi connectivity index (χ1n) is 8.69. The van der Waals surface area contributed by atoms with Crippen molar-refractivity contribution in [3.05, 3.63) is 58.1 Å². The smallest absolute Gasteiger partial charge is 0.270 e. The third-order valence-electron chi connectivity index (χ3n) is 4.34. The van der Waals surface area contributed by atoms with Gasteiger partial charge in [0, 0.05) is 24.7 Å². The SMILES string of the molecule is COc1ccc(Oc2ccc([N+](=O)[O-])cc2C(=O)NC2CCCNC2)cc1. The van der Waals surface area contributed by atoms with Crippen LogP contribution in [0.1, 0.15) is 23.2 Å².